The number of hydrogen-bond donors (Lipinski definition) is 3. The summed E-state index contributed by atoms with van der Waals surface area (Å²) in [5.41, 5.74) is 1.64. The number of carbonyl (C=O) groups excluding carboxylic acids is 1. The molecule has 1 aliphatic heterocycles. The van der Waals surface area contributed by atoms with Gasteiger partial charge in [-0.05, 0) is 5.56 Å². The number of carbonyl (C=O) groups is 1. The fourth-order valence-corrected chi connectivity index (χ4v) is 3.32. The average Bonchev–Trinajstić information content (AvgIpc) is 3.15. The number of hydrogen-bond acceptors (Lipinski definition) is 5. The van der Waals surface area contributed by atoms with E-state index in [0.29, 0.717) is 18.8 Å². The SMILES string of the molecule is O=C(NCC1CNCC1O)c1csc(Cc2ccccc2)n1. The van der Waals surface area contributed by atoms with Crippen molar-refractivity contribution < 1.29 is 9.90 Å². The molecule has 0 spiro atoms. The van der Waals surface area contributed by atoms with Crippen molar-refractivity contribution in [2.45, 2.75) is 12.5 Å². The Morgan fingerprint density at radius 3 is 2.91 bits per heavy atom. The number of aliphatic hydroxyl groups is 1. The van der Waals surface area contributed by atoms with Gasteiger partial charge < -0.3 is 15.7 Å². The van der Waals surface area contributed by atoms with Crippen LogP contribution in [0.3, 0.4) is 0 Å². The minimum absolute atomic E-state index is 0.0753. The van der Waals surface area contributed by atoms with Gasteiger partial charge in [-0.15, -0.1) is 11.3 Å². The summed E-state index contributed by atoms with van der Waals surface area (Å²) in [4.78, 5) is 16.5. The van der Waals surface area contributed by atoms with Gasteiger partial charge >= 0.3 is 0 Å². The Bertz CT molecular complexity index is 629. The second kappa shape index (κ2) is 7.00. The molecule has 0 aliphatic carbocycles. The van der Waals surface area contributed by atoms with Crippen LogP contribution < -0.4 is 10.6 Å². The Hall–Kier alpha value is -1.76. The summed E-state index contributed by atoms with van der Waals surface area (Å²) in [5.74, 6) is -0.0963. The van der Waals surface area contributed by atoms with Gasteiger partial charge in [0.15, 0.2) is 0 Å². The smallest absolute Gasteiger partial charge is 0.270 e. The van der Waals surface area contributed by atoms with Crippen molar-refractivity contribution in [2.24, 2.45) is 5.92 Å². The van der Waals surface area contributed by atoms with Crippen LogP contribution in [0.1, 0.15) is 21.1 Å². The summed E-state index contributed by atoms with van der Waals surface area (Å²) in [5, 5.41) is 18.4. The van der Waals surface area contributed by atoms with Crippen molar-refractivity contribution in [3.63, 3.8) is 0 Å². The zero-order valence-electron chi connectivity index (χ0n) is 12.2. The highest BCUT2D eigenvalue weighted by atomic mass is 32.1. The van der Waals surface area contributed by atoms with Crippen LogP contribution in [0.4, 0.5) is 0 Å². The van der Waals surface area contributed by atoms with Crippen LogP contribution in [-0.2, 0) is 6.42 Å². The highest BCUT2D eigenvalue weighted by Gasteiger charge is 2.25. The summed E-state index contributed by atoms with van der Waals surface area (Å²) in [6, 6.07) is 10.1. The van der Waals surface area contributed by atoms with Crippen LogP contribution in [0.25, 0.3) is 0 Å². The summed E-state index contributed by atoms with van der Waals surface area (Å²) in [6.07, 6.45) is 0.355. The molecule has 1 fully saturated rings. The third-order valence-electron chi connectivity index (χ3n) is 3.81. The van der Waals surface area contributed by atoms with Crippen molar-refractivity contribution >= 4 is 17.2 Å². The van der Waals surface area contributed by atoms with Crippen LogP contribution in [0, 0.1) is 5.92 Å². The molecule has 2 aromatic rings. The zero-order chi connectivity index (χ0) is 15.4. The van der Waals surface area contributed by atoms with E-state index in [2.05, 4.69) is 27.8 Å². The van der Waals surface area contributed by atoms with Gasteiger partial charge in [-0.2, -0.15) is 0 Å². The zero-order valence-corrected chi connectivity index (χ0v) is 13.0. The minimum Gasteiger partial charge on any atom is -0.391 e. The van der Waals surface area contributed by atoms with Crippen molar-refractivity contribution in [2.75, 3.05) is 19.6 Å². The summed E-state index contributed by atoms with van der Waals surface area (Å²) in [7, 11) is 0. The van der Waals surface area contributed by atoms with Gasteiger partial charge in [0, 0.05) is 37.4 Å². The van der Waals surface area contributed by atoms with Crippen molar-refractivity contribution in [1.82, 2.24) is 15.6 Å². The molecule has 22 heavy (non-hydrogen) atoms. The van der Waals surface area contributed by atoms with Gasteiger partial charge in [0.1, 0.15) is 5.69 Å². The fraction of sp³-hybridized carbons (Fsp3) is 0.375. The molecule has 1 aromatic heterocycles. The standard InChI is InChI=1S/C16H19N3O2S/c20-14-9-17-7-12(14)8-18-16(21)13-10-22-15(19-13)6-11-4-2-1-3-5-11/h1-5,10,12,14,17,20H,6-9H2,(H,18,21). The van der Waals surface area contributed by atoms with Crippen LogP contribution in [0.15, 0.2) is 35.7 Å². The molecule has 5 nitrogen and oxygen atoms in total. The van der Waals surface area contributed by atoms with E-state index in [1.807, 2.05) is 18.2 Å². The number of nitrogens with zero attached hydrogens (tertiary/aromatic N) is 1. The predicted molar refractivity (Wildman–Crippen MR) is 86.1 cm³/mol. The number of thiazole rings is 1. The Morgan fingerprint density at radius 1 is 1.36 bits per heavy atom. The number of rotatable bonds is 5. The van der Waals surface area contributed by atoms with Crippen LogP contribution >= 0.6 is 11.3 Å². The molecule has 2 unspecified atom stereocenters. The topological polar surface area (TPSA) is 74.2 Å². The minimum atomic E-state index is -0.385. The lowest BCUT2D eigenvalue weighted by Gasteiger charge is -2.13. The highest BCUT2D eigenvalue weighted by Crippen LogP contribution is 2.15. The lowest BCUT2D eigenvalue weighted by Crippen LogP contribution is -2.34. The normalized spacial score (nSPS) is 21.0. The molecule has 1 aliphatic rings. The van der Waals surface area contributed by atoms with Crippen LogP contribution in [-0.4, -0.2) is 41.7 Å². The maximum atomic E-state index is 12.1. The summed E-state index contributed by atoms with van der Waals surface area (Å²) >= 11 is 1.50. The van der Waals surface area contributed by atoms with Gasteiger partial charge in [-0.1, -0.05) is 30.3 Å². The molecule has 1 aromatic carbocycles. The monoisotopic (exact) mass is 317 g/mol. The first-order valence-corrected chi connectivity index (χ1v) is 8.25. The number of nitrogens with one attached hydrogen (secondary N) is 2. The van der Waals surface area contributed by atoms with E-state index < -0.39 is 0 Å². The third kappa shape index (κ3) is 3.71. The predicted octanol–water partition coefficient (Wildman–Crippen LogP) is 1.04. The molecule has 0 saturated carbocycles. The number of benzene rings is 1. The molecule has 6 heteroatoms. The van der Waals surface area contributed by atoms with Crippen molar-refractivity contribution in [1.29, 1.82) is 0 Å². The molecule has 2 atom stereocenters. The highest BCUT2D eigenvalue weighted by molar-refractivity contribution is 7.09. The van der Waals surface area contributed by atoms with Gasteiger partial charge in [-0.25, -0.2) is 4.98 Å². The lowest BCUT2D eigenvalue weighted by molar-refractivity contribution is 0.0922. The van der Waals surface area contributed by atoms with E-state index in [4.69, 9.17) is 0 Å². The second-order valence-electron chi connectivity index (χ2n) is 5.48. The number of aliphatic hydroxyl groups excluding tert-OH is 1. The van der Waals surface area contributed by atoms with Crippen LogP contribution in [0.5, 0.6) is 0 Å². The first-order valence-electron chi connectivity index (χ1n) is 7.37. The first kappa shape index (κ1) is 15.1. The molecule has 116 valence electrons. The first-order chi connectivity index (χ1) is 10.7. The van der Waals surface area contributed by atoms with E-state index in [9.17, 15) is 9.90 Å². The van der Waals surface area contributed by atoms with E-state index >= 15 is 0 Å². The maximum absolute atomic E-state index is 12.1. The quantitative estimate of drug-likeness (QED) is 0.770. The number of amides is 1. The Labute approximate surface area is 133 Å². The molecule has 1 saturated heterocycles. The maximum Gasteiger partial charge on any atom is 0.270 e. The average molecular weight is 317 g/mol. The van der Waals surface area contributed by atoms with Crippen molar-refractivity contribution in [3.05, 3.63) is 52.0 Å². The molecule has 2 heterocycles. The number of β-amino-alcohol motifs (C(OH)–C–C–N with tert-alkyl or cyclic N) is 1. The molecule has 3 rings (SSSR count). The largest absolute Gasteiger partial charge is 0.391 e. The van der Waals surface area contributed by atoms with E-state index in [1.54, 1.807) is 5.38 Å². The Kier molecular flexibility index (Phi) is 4.82. The molecule has 3 N–H and O–H groups in total. The summed E-state index contributed by atoms with van der Waals surface area (Å²) in [6.45, 7) is 1.80. The van der Waals surface area contributed by atoms with Crippen molar-refractivity contribution in [3.8, 4) is 0 Å². The second-order valence-corrected chi connectivity index (χ2v) is 6.43. The summed E-state index contributed by atoms with van der Waals surface area (Å²) < 4.78 is 0. The van der Waals surface area contributed by atoms with Gasteiger partial charge in [0.2, 0.25) is 0 Å². The van der Waals surface area contributed by atoms with Gasteiger partial charge in [0.05, 0.1) is 11.1 Å². The molecular weight excluding hydrogens is 298 g/mol. The van der Waals surface area contributed by atoms with Gasteiger partial charge in [0.25, 0.3) is 5.91 Å². The Morgan fingerprint density at radius 2 is 2.18 bits per heavy atom. The van der Waals surface area contributed by atoms with Gasteiger partial charge in [-0.3, -0.25) is 4.79 Å². The molecular formula is C16H19N3O2S. The number of aromatic nitrogens is 1. The van der Waals surface area contributed by atoms with E-state index in [1.165, 1.54) is 16.9 Å². The molecule has 1 amide bonds. The molecule has 0 bridgehead atoms. The Balaban J connectivity index is 1.55. The fourth-order valence-electron chi connectivity index (χ4n) is 2.51. The van der Waals surface area contributed by atoms with Crippen LogP contribution in [0.2, 0.25) is 0 Å². The third-order valence-corrected chi connectivity index (χ3v) is 4.66. The van der Waals surface area contributed by atoms with E-state index in [0.717, 1.165) is 18.0 Å². The molecule has 0 radical (unpaired) electrons. The lowest BCUT2D eigenvalue weighted by atomic mass is 10.1. The van der Waals surface area contributed by atoms with E-state index in [-0.39, 0.29) is 17.9 Å².